The maximum absolute atomic E-state index is 5.95. The van der Waals surface area contributed by atoms with Crippen molar-refractivity contribution in [2.45, 2.75) is 57.7 Å². The summed E-state index contributed by atoms with van der Waals surface area (Å²) in [6.45, 7) is 5.75. The standard InChI is InChI=1S/C17H27ClN2/c1-13(5-4-12-19-17-10-11-17)20(3)14(2)15-6-8-16(18)9-7-15/h6-9,13-14,17,19H,4-5,10-12H2,1-3H3. The summed E-state index contributed by atoms with van der Waals surface area (Å²) in [6, 6.07) is 10.1. The molecular formula is C17H27ClN2. The van der Waals surface area contributed by atoms with Crippen molar-refractivity contribution in [1.82, 2.24) is 10.2 Å². The van der Waals surface area contributed by atoms with Crippen LogP contribution in [0.15, 0.2) is 24.3 Å². The highest BCUT2D eigenvalue weighted by atomic mass is 35.5. The van der Waals surface area contributed by atoms with Crippen molar-refractivity contribution in [2.75, 3.05) is 13.6 Å². The minimum atomic E-state index is 0.429. The van der Waals surface area contributed by atoms with Crippen LogP contribution in [0.4, 0.5) is 0 Å². The predicted octanol–water partition coefficient (Wildman–Crippen LogP) is 4.25. The molecule has 1 fully saturated rings. The minimum Gasteiger partial charge on any atom is -0.314 e. The van der Waals surface area contributed by atoms with Gasteiger partial charge in [-0.2, -0.15) is 0 Å². The first-order chi connectivity index (χ1) is 9.58. The van der Waals surface area contributed by atoms with Crippen LogP contribution >= 0.6 is 11.6 Å². The lowest BCUT2D eigenvalue weighted by Crippen LogP contribution is -2.32. The molecule has 1 aromatic carbocycles. The topological polar surface area (TPSA) is 15.3 Å². The van der Waals surface area contributed by atoms with E-state index in [0.29, 0.717) is 12.1 Å². The number of hydrogen-bond donors (Lipinski definition) is 1. The van der Waals surface area contributed by atoms with Gasteiger partial charge in [0.1, 0.15) is 0 Å². The Morgan fingerprint density at radius 2 is 1.90 bits per heavy atom. The Morgan fingerprint density at radius 1 is 1.25 bits per heavy atom. The predicted molar refractivity (Wildman–Crippen MR) is 87.4 cm³/mol. The fourth-order valence-corrected chi connectivity index (χ4v) is 2.68. The van der Waals surface area contributed by atoms with Crippen LogP contribution in [0.25, 0.3) is 0 Å². The van der Waals surface area contributed by atoms with Gasteiger partial charge in [0.05, 0.1) is 0 Å². The summed E-state index contributed by atoms with van der Waals surface area (Å²) in [6.07, 6.45) is 5.26. The largest absolute Gasteiger partial charge is 0.314 e. The van der Waals surface area contributed by atoms with Crippen molar-refractivity contribution in [1.29, 1.82) is 0 Å². The Labute approximate surface area is 128 Å². The average Bonchev–Trinajstić information content (AvgIpc) is 3.26. The first-order valence-corrected chi connectivity index (χ1v) is 8.16. The molecule has 2 atom stereocenters. The lowest BCUT2D eigenvalue weighted by molar-refractivity contribution is 0.186. The molecule has 20 heavy (non-hydrogen) atoms. The van der Waals surface area contributed by atoms with Gasteiger partial charge in [0, 0.05) is 23.1 Å². The van der Waals surface area contributed by atoms with Crippen molar-refractivity contribution < 1.29 is 0 Å². The molecule has 1 aliphatic rings. The van der Waals surface area contributed by atoms with Gasteiger partial charge < -0.3 is 5.32 Å². The van der Waals surface area contributed by atoms with Gasteiger partial charge >= 0.3 is 0 Å². The van der Waals surface area contributed by atoms with Crippen molar-refractivity contribution in [2.24, 2.45) is 0 Å². The Morgan fingerprint density at radius 3 is 2.50 bits per heavy atom. The lowest BCUT2D eigenvalue weighted by Gasteiger charge is -2.31. The number of halogens is 1. The summed E-state index contributed by atoms with van der Waals surface area (Å²) in [7, 11) is 2.22. The molecule has 3 heteroatoms. The van der Waals surface area contributed by atoms with Crippen LogP contribution in [0.3, 0.4) is 0 Å². The molecule has 0 aromatic heterocycles. The maximum atomic E-state index is 5.95. The molecule has 0 bridgehead atoms. The highest BCUT2D eigenvalue weighted by Gasteiger charge is 2.20. The molecule has 0 radical (unpaired) electrons. The van der Waals surface area contributed by atoms with Crippen molar-refractivity contribution >= 4 is 11.6 Å². The molecule has 0 spiro atoms. The Balaban J connectivity index is 1.75. The average molecular weight is 295 g/mol. The van der Waals surface area contributed by atoms with Gasteiger partial charge in [-0.05, 0) is 70.8 Å². The fourth-order valence-electron chi connectivity index (χ4n) is 2.55. The van der Waals surface area contributed by atoms with Crippen molar-refractivity contribution in [3.63, 3.8) is 0 Å². The second-order valence-electron chi connectivity index (χ2n) is 6.11. The third kappa shape index (κ3) is 4.76. The molecule has 112 valence electrons. The highest BCUT2D eigenvalue weighted by molar-refractivity contribution is 6.30. The normalized spacial score (nSPS) is 18.2. The first-order valence-electron chi connectivity index (χ1n) is 7.78. The second-order valence-corrected chi connectivity index (χ2v) is 6.55. The molecule has 2 rings (SSSR count). The Bertz CT molecular complexity index is 400. The summed E-state index contributed by atoms with van der Waals surface area (Å²) in [5, 5.41) is 4.39. The molecule has 0 aliphatic heterocycles. The molecule has 2 unspecified atom stereocenters. The van der Waals surface area contributed by atoms with Gasteiger partial charge in [0.2, 0.25) is 0 Å². The second kappa shape index (κ2) is 7.44. The third-order valence-electron chi connectivity index (χ3n) is 4.47. The number of rotatable bonds is 8. The molecule has 0 saturated heterocycles. The summed E-state index contributed by atoms with van der Waals surface area (Å²) in [5.74, 6) is 0. The smallest absolute Gasteiger partial charge is 0.0406 e. The number of hydrogen-bond acceptors (Lipinski definition) is 2. The van der Waals surface area contributed by atoms with Crippen LogP contribution < -0.4 is 5.32 Å². The highest BCUT2D eigenvalue weighted by Crippen LogP contribution is 2.24. The van der Waals surface area contributed by atoms with E-state index < -0.39 is 0 Å². The lowest BCUT2D eigenvalue weighted by atomic mass is 10.0. The van der Waals surface area contributed by atoms with E-state index in [9.17, 15) is 0 Å². The molecule has 1 aliphatic carbocycles. The molecule has 0 heterocycles. The van der Waals surface area contributed by atoms with Gasteiger partial charge in [-0.15, -0.1) is 0 Å². The summed E-state index contributed by atoms with van der Waals surface area (Å²) in [4.78, 5) is 2.46. The third-order valence-corrected chi connectivity index (χ3v) is 4.72. The Kier molecular flexibility index (Phi) is 5.88. The van der Waals surface area contributed by atoms with Crippen LogP contribution in [0.1, 0.15) is 51.1 Å². The van der Waals surface area contributed by atoms with Crippen LogP contribution in [0, 0.1) is 0 Å². The molecule has 1 N–H and O–H groups in total. The van der Waals surface area contributed by atoms with Gasteiger partial charge in [-0.1, -0.05) is 23.7 Å². The van der Waals surface area contributed by atoms with E-state index in [4.69, 9.17) is 11.6 Å². The van der Waals surface area contributed by atoms with Crippen LogP contribution in [0.2, 0.25) is 5.02 Å². The van der Waals surface area contributed by atoms with E-state index in [0.717, 1.165) is 17.6 Å². The van der Waals surface area contributed by atoms with Gasteiger partial charge in [-0.3, -0.25) is 4.90 Å². The minimum absolute atomic E-state index is 0.429. The maximum Gasteiger partial charge on any atom is 0.0406 e. The van der Waals surface area contributed by atoms with E-state index in [1.165, 1.54) is 31.2 Å². The number of benzene rings is 1. The molecule has 0 amide bonds. The van der Waals surface area contributed by atoms with E-state index >= 15 is 0 Å². The quantitative estimate of drug-likeness (QED) is 0.721. The number of nitrogens with zero attached hydrogens (tertiary/aromatic N) is 1. The van der Waals surface area contributed by atoms with Gasteiger partial charge in [0.25, 0.3) is 0 Å². The zero-order valence-corrected chi connectivity index (χ0v) is 13.7. The summed E-state index contributed by atoms with van der Waals surface area (Å²) < 4.78 is 0. The number of nitrogens with one attached hydrogen (secondary N) is 1. The molecule has 1 aromatic rings. The SMILES string of the molecule is CC(CCCNC1CC1)N(C)C(C)c1ccc(Cl)cc1. The van der Waals surface area contributed by atoms with E-state index in [-0.39, 0.29) is 0 Å². The first kappa shape index (κ1) is 15.8. The fraction of sp³-hybridized carbons (Fsp3) is 0.647. The Hall–Kier alpha value is -0.570. The van der Waals surface area contributed by atoms with Crippen molar-refractivity contribution in [3.8, 4) is 0 Å². The van der Waals surface area contributed by atoms with E-state index in [1.807, 2.05) is 12.1 Å². The molecular weight excluding hydrogens is 268 g/mol. The molecule has 2 nitrogen and oxygen atoms in total. The van der Waals surface area contributed by atoms with E-state index in [2.05, 4.69) is 43.2 Å². The van der Waals surface area contributed by atoms with Crippen LogP contribution in [0.5, 0.6) is 0 Å². The zero-order valence-electron chi connectivity index (χ0n) is 12.9. The summed E-state index contributed by atoms with van der Waals surface area (Å²) >= 11 is 5.95. The molecule has 1 saturated carbocycles. The van der Waals surface area contributed by atoms with Crippen LogP contribution in [-0.2, 0) is 0 Å². The van der Waals surface area contributed by atoms with E-state index in [1.54, 1.807) is 0 Å². The van der Waals surface area contributed by atoms with Gasteiger partial charge in [-0.25, -0.2) is 0 Å². The zero-order chi connectivity index (χ0) is 14.5. The van der Waals surface area contributed by atoms with Gasteiger partial charge in [0.15, 0.2) is 0 Å². The van der Waals surface area contributed by atoms with Crippen LogP contribution in [-0.4, -0.2) is 30.6 Å². The van der Waals surface area contributed by atoms with Crippen molar-refractivity contribution in [3.05, 3.63) is 34.9 Å². The monoisotopic (exact) mass is 294 g/mol. The summed E-state index contributed by atoms with van der Waals surface area (Å²) in [5.41, 5.74) is 1.33.